The maximum atomic E-state index is 13.4. The smallest absolute Gasteiger partial charge is 0.223 e. The zero-order valence-electron chi connectivity index (χ0n) is 18.0. The van der Waals surface area contributed by atoms with E-state index in [1.807, 2.05) is 12.3 Å². The van der Waals surface area contributed by atoms with Crippen molar-refractivity contribution in [1.82, 2.24) is 14.8 Å². The second kappa shape index (κ2) is 8.50. The van der Waals surface area contributed by atoms with Crippen molar-refractivity contribution in [2.24, 2.45) is 11.8 Å². The van der Waals surface area contributed by atoms with Gasteiger partial charge in [-0.15, -0.1) is 0 Å². The largest absolute Gasteiger partial charge is 0.335 e. The monoisotopic (exact) mass is 403 g/mol. The molecule has 5 rings (SSSR count). The van der Waals surface area contributed by atoms with Crippen molar-refractivity contribution in [2.45, 2.75) is 57.5 Å². The molecule has 0 radical (unpaired) electrons. The summed E-state index contributed by atoms with van der Waals surface area (Å²) in [6.07, 6.45) is 10.5. The molecule has 1 saturated carbocycles. The van der Waals surface area contributed by atoms with Gasteiger partial charge in [0.25, 0.3) is 0 Å². The Hall–Kier alpha value is -2.20. The van der Waals surface area contributed by atoms with E-state index in [2.05, 4.69) is 52.0 Å². The van der Waals surface area contributed by atoms with Crippen molar-refractivity contribution in [1.29, 1.82) is 0 Å². The Labute approximate surface area is 180 Å². The van der Waals surface area contributed by atoms with Gasteiger partial charge in [0.2, 0.25) is 5.91 Å². The summed E-state index contributed by atoms with van der Waals surface area (Å²) in [5.74, 6) is 1.47. The van der Waals surface area contributed by atoms with Gasteiger partial charge in [-0.3, -0.25) is 14.7 Å². The van der Waals surface area contributed by atoms with E-state index in [9.17, 15) is 4.79 Å². The SMILES string of the molecule is Cc1ccccc1[C@@H]1[C@H]2CN(C3CCCC3)C[C@H]2CN1C(=O)CCc1cccnc1. The molecule has 3 aliphatic rings. The van der Waals surface area contributed by atoms with Gasteiger partial charge in [0.15, 0.2) is 0 Å². The van der Waals surface area contributed by atoms with Gasteiger partial charge < -0.3 is 4.90 Å². The highest BCUT2D eigenvalue weighted by molar-refractivity contribution is 5.77. The number of hydrogen-bond acceptors (Lipinski definition) is 3. The minimum Gasteiger partial charge on any atom is -0.335 e. The number of aryl methyl sites for hydroxylation is 2. The molecule has 3 heterocycles. The van der Waals surface area contributed by atoms with Crippen molar-refractivity contribution < 1.29 is 4.79 Å². The number of aromatic nitrogens is 1. The van der Waals surface area contributed by atoms with Crippen LogP contribution >= 0.6 is 0 Å². The highest BCUT2D eigenvalue weighted by Gasteiger charge is 2.50. The summed E-state index contributed by atoms with van der Waals surface area (Å²) >= 11 is 0. The number of likely N-dealkylation sites (tertiary alicyclic amines) is 2. The normalized spacial score (nSPS) is 27.0. The Balaban J connectivity index is 1.36. The topological polar surface area (TPSA) is 36.4 Å². The molecule has 2 saturated heterocycles. The quantitative estimate of drug-likeness (QED) is 0.743. The van der Waals surface area contributed by atoms with Crippen LogP contribution in [-0.2, 0) is 11.2 Å². The van der Waals surface area contributed by atoms with Crippen molar-refractivity contribution in [3.05, 3.63) is 65.5 Å². The van der Waals surface area contributed by atoms with Crippen molar-refractivity contribution in [3.8, 4) is 0 Å². The Bertz CT molecular complexity index is 877. The second-order valence-electron chi connectivity index (χ2n) is 9.52. The average molecular weight is 404 g/mol. The van der Waals surface area contributed by atoms with E-state index in [1.165, 1.54) is 43.4 Å². The number of carbonyl (C=O) groups is 1. The molecule has 1 amide bonds. The van der Waals surface area contributed by atoms with Crippen molar-refractivity contribution in [2.75, 3.05) is 19.6 Å². The van der Waals surface area contributed by atoms with Crippen LogP contribution in [0.25, 0.3) is 0 Å². The van der Waals surface area contributed by atoms with Gasteiger partial charge in [0.1, 0.15) is 0 Å². The summed E-state index contributed by atoms with van der Waals surface area (Å²) in [6.45, 7) is 5.44. The molecule has 0 spiro atoms. The number of pyridine rings is 1. The maximum absolute atomic E-state index is 13.4. The van der Waals surface area contributed by atoms with Crippen LogP contribution in [0.3, 0.4) is 0 Å². The molecule has 1 aromatic carbocycles. The summed E-state index contributed by atoms with van der Waals surface area (Å²) in [5.41, 5.74) is 3.81. The summed E-state index contributed by atoms with van der Waals surface area (Å²) in [5, 5.41) is 0. The standard InChI is InChI=1S/C26H33N3O/c1-19-7-2-5-11-23(19)26-24-18-28(22-9-3-4-10-22)16-21(24)17-29(26)25(30)13-12-20-8-6-14-27-15-20/h2,5-8,11,14-15,21-22,24,26H,3-4,9-10,12-13,16-18H2,1H3/t21-,24-,26+/m0/s1. The molecular weight excluding hydrogens is 370 g/mol. The number of benzene rings is 1. The van der Waals surface area contributed by atoms with Gasteiger partial charge in [-0.25, -0.2) is 0 Å². The molecule has 0 unspecified atom stereocenters. The number of rotatable bonds is 5. The second-order valence-corrected chi connectivity index (χ2v) is 9.52. The first-order valence-corrected chi connectivity index (χ1v) is 11.7. The molecule has 4 heteroatoms. The fraction of sp³-hybridized carbons (Fsp3) is 0.538. The Kier molecular flexibility index (Phi) is 5.60. The van der Waals surface area contributed by atoms with E-state index in [4.69, 9.17) is 0 Å². The molecule has 158 valence electrons. The predicted molar refractivity (Wildman–Crippen MR) is 119 cm³/mol. The highest BCUT2D eigenvalue weighted by atomic mass is 16.2. The lowest BCUT2D eigenvalue weighted by molar-refractivity contribution is -0.132. The summed E-state index contributed by atoms with van der Waals surface area (Å²) in [7, 11) is 0. The number of carbonyl (C=O) groups excluding carboxylic acids is 1. The molecule has 0 bridgehead atoms. The molecule has 2 aromatic rings. The zero-order valence-corrected chi connectivity index (χ0v) is 18.0. The molecule has 30 heavy (non-hydrogen) atoms. The Morgan fingerprint density at radius 3 is 2.67 bits per heavy atom. The van der Waals surface area contributed by atoms with Crippen LogP contribution in [-0.4, -0.2) is 46.4 Å². The Morgan fingerprint density at radius 2 is 1.90 bits per heavy atom. The molecule has 1 aromatic heterocycles. The van der Waals surface area contributed by atoms with E-state index in [0.717, 1.165) is 31.1 Å². The molecule has 3 fully saturated rings. The third-order valence-electron chi connectivity index (χ3n) is 7.71. The van der Waals surface area contributed by atoms with Crippen molar-refractivity contribution >= 4 is 5.91 Å². The van der Waals surface area contributed by atoms with Crippen LogP contribution in [0.1, 0.15) is 54.8 Å². The number of fused-ring (bicyclic) bond motifs is 1. The first kappa shape index (κ1) is 19.7. The van der Waals surface area contributed by atoms with Gasteiger partial charge in [-0.2, -0.15) is 0 Å². The lowest BCUT2D eigenvalue weighted by atomic mass is 9.87. The van der Waals surface area contributed by atoms with Crippen LogP contribution < -0.4 is 0 Å². The molecule has 3 atom stereocenters. The predicted octanol–water partition coefficient (Wildman–Crippen LogP) is 4.40. The third-order valence-corrected chi connectivity index (χ3v) is 7.71. The number of hydrogen-bond donors (Lipinski definition) is 0. The molecular formula is C26H33N3O. The number of amides is 1. The van der Waals surface area contributed by atoms with E-state index in [1.54, 1.807) is 6.20 Å². The molecule has 4 nitrogen and oxygen atoms in total. The average Bonchev–Trinajstić information content (AvgIpc) is 3.49. The molecule has 2 aliphatic heterocycles. The maximum Gasteiger partial charge on any atom is 0.223 e. The molecule has 1 aliphatic carbocycles. The fourth-order valence-corrected chi connectivity index (χ4v) is 6.16. The summed E-state index contributed by atoms with van der Waals surface area (Å²) in [6, 6.07) is 13.7. The van der Waals surface area contributed by atoms with Gasteiger partial charge in [-0.05, 0) is 54.9 Å². The summed E-state index contributed by atoms with van der Waals surface area (Å²) in [4.78, 5) is 22.5. The van der Waals surface area contributed by atoms with Gasteiger partial charge in [0.05, 0.1) is 6.04 Å². The highest BCUT2D eigenvalue weighted by Crippen LogP contribution is 2.47. The zero-order chi connectivity index (χ0) is 20.5. The van der Waals surface area contributed by atoms with Crippen LogP contribution in [0, 0.1) is 18.8 Å². The van der Waals surface area contributed by atoms with E-state index in [0.29, 0.717) is 24.2 Å². The van der Waals surface area contributed by atoms with Crippen LogP contribution in [0.2, 0.25) is 0 Å². The minimum absolute atomic E-state index is 0.226. The van der Waals surface area contributed by atoms with Gasteiger partial charge in [0, 0.05) is 50.4 Å². The Morgan fingerprint density at radius 1 is 1.07 bits per heavy atom. The van der Waals surface area contributed by atoms with E-state index in [-0.39, 0.29) is 6.04 Å². The van der Waals surface area contributed by atoms with Crippen LogP contribution in [0.15, 0.2) is 48.8 Å². The van der Waals surface area contributed by atoms with Gasteiger partial charge >= 0.3 is 0 Å². The lowest BCUT2D eigenvalue weighted by Crippen LogP contribution is -2.38. The fourth-order valence-electron chi connectivity index (χ4n) is 6.16. The summed E-state index contributed by atoms with van der Waals surface area (Å²) < 4.78 is 0. The van der Waals surface area contributed by atoms with Gasteiger partial charge in [-0.1, -0.05) is 43.2 Å². The van der Waals surface area contributed by atoms with E-state index < -0.39 is 0 Å². The number of nitrogens with zero attached hydrogens (tertiary/aromatic N) is 3. The minimum atomic E-state index is 0.226. The molecule has 0 N–H and O–H groups in total. The third kappa shape index (κ3) is 3.78. The van der Waals surface area contributed by atoms with Crippen molar-refractivity contribution in [3.63, 3.8) is 0 Å². The first-order valence-electron chi connectivity index (χ1n) is 11.7. The lowest BCUT2D eigenvalue weighted by Gasteiger charge is -2.32. The van der Waals surface area contributed by atoms with Crippen LogP contribution in [0.5, 0.6) is 0 Å². The van der Waals surface area contributed by atoms with Crippen LogP contribution in [0.4, 0.5) is 0 Å². The first-order chi connectivity index (χ1) is 14.7. The van der Waals surface area contributed by atoms with E-state index >= 15 is 0 Å².